The summed E-state index contributed by atoms with van der Waals surface area (Å²) in [5, 5.41) is 22.3. The van der Waals surface area contributed by atoms with Crippen LogP contribution < -0.4 is 10.1 Å². The van der Waals surface area contributed by atoms with Gasteiger partial charge in [0, 0.05) is 18.2 Å². The van der Waals surface area contributed by atoms with Crippen LogP contribution in [0.5, 0.6) is 5.75 Å². The van der Waals surface area contributed by atoms with E-state index in [-0.39, 0.29) is 13.2 Å². The summed E-state index contributed by atoms with van der Waals surface area (Å²) in [5.41, 5.74) is -1.65. The average molecular weight is 434 g/mol. The molecule has 0 radical (unpaired) electrons. The number of para-hydroxylation sites is 1. The van der Waals surface area contributed by atoms with E-state index in [1.807, 2.05) is 6.92 Å². The van der Waals surface area contributed by atoms with Gasteiger partial charge >= 0.3 is 11.9 Å². The molecule has 1 aromatic carbocycles. The number of fused-ring (bicyclic) bond motifs is 1. The van der Waals surface area contributed by atoms with E-state index in [0.29, 0.717) is 17.9 Å². The minimum absolute atomic E-state index is 0.0217. The fourth-order valence-corrected chi connectivity index (χ4v) is 4.55. The van der Waals surface area contributed by atoms with Gasteiger partial charge in [-0.15, -0.1) is 0 Å². The van der Waals surface area contributed by atoms with Gasteiger partial charge in [0.1, 0.15) is 11.3 Å². The molecule has 2 aliphatic heterocycles. The molecule has 10 heteroatoms. The van der Waals surface area contributed by atoms with Gasteiger partial charge in [-0.05, 0) is 12.5 Å². The van der Waals surface area contributed by atoms with E-state index in [1.165, 1.54) is 7.11 Å². The third kappa shape index (κ3) is 3.88. The van der Waals surface area contributed by atoms with E-state index >= 15 is 0 Å². The predicted octanol–water partition coefficient (Wildman–Crippen LogP) is 0.665. The van der Waals surface area contributed by atoms with Gasteiger partial charge in [0.05, 0.1) is 38.5 Å². The molecule has 4 unspecified atom stereocenters. The molecule has 3 N–H and O–H groups in total. The quantitative estimate of drug-likeness (QED) is 0.357. The topological polar surface area (TPSA) is 142 Å². The number of carbonyl (C=O) groups is 4. The van der Waals surface area contributed by atoms with E-state index in [2.05, 4.69) is 5.32 Å². The molecule has 0 aromatic heterocycles. The second kappa shape index (κ2) is 9.03. The Bertz CT molecular complexity index is 888. The van der Waals surface area contributed by atoms with E-state index in [1.54, 1.807) is 24.3 Å². The lowest BCUT2D eigenvalue weighted by molar-refractivity contribution is -0.156. The number of nitrogens with zero attached hydrogens (tertiary/aromatic N) is 1. The summed E-state index contributed by atoms with van der Waals surface area (Å²) >= 11 is 0. The third-order valence-corrected chi connectivity index (χ3v) is 5.84. The Morgan fingerprint density at radius 3 is 2.48 bits per heavy atom. The minimum Gasteiger partial charge on any atom is -0.496 e. The molecular formula is C21H26N2O8. The predicted molar refractivity (Wildman–Crippen MR) is 106 cm³/mol. The van der Waals surface area contributed by atoms with Crippen LogP contribution in [-0.2, 0) is 23.9 Å². The van der Waals surface area contributed by atoms with Gasteiger partial charge in [0.2, 0.25) is 11.8 Å². The number of hydrogen-bond donors (Lipinski definition) is 3. The monoisotopic (exact) mass is 434 g/mol. The highest BCUT2D eigenvalue weighted by atomic mass is 16.5. The molecule has 2 heterocycles. The lowest BCUT2D eigenvalue weighted by Gasteiger charge is -2.30. The van der Waals surface area contributed by atoms with Crippen molar-refractivity contribution >= 4 is 23.8 Å². The van der Waals surface area contributed by atoms with E-state index in [9.17, 15) is 29.4 Å². The van der Waals surface area contributed by atoms with Crippen molar-refractivity contribution in [1.82, 2.24) is 10.2 Å². The zero-order valence-corrected chi connectivity index (χ0v) is 17.4. The van der Waals surface area contributed by atoms with Gasteiger partial charge < -0.3 is 19.7 Å². The van der Waals surface area contributed by atoms with E-state index < -0.39 is 53.6 Å². The standard InChI is InChI=1S/C21H26N2O8/c1-3-9-31-10-8-23-18(26)15-16(19(23)27)21(20(28)29,11-14(24)25)22-17(15)12-6-4-5-7-13(12)30-2/h4-7,15-17,22H,3,8-11H2,1-2H3,(H,24,25)(H,28,29). The SMILES string of the molecule is CCCOCCN1C(=O)C2C(c3ccccc3OC)NC(CC(=O)O)(C(=O)O)C2C1=O. The molecule has 0 spiro atoms. The van der Waals surface area contributed by atoms with Crippen LogP contribution >= 0.6 is 0 Å². The van der Waals surface area contributed by atoms with Crippen molar-refractivity contribution in [1.29, 1.82) is 0 Å². The number of likely N-dealkylation sites (tertiary alicyclic amines) is 1. The Balaban J connectivity index is 2.06. The molecule has 0 aliphatic carbocycles. The molecule has 1 aromatic rings. The van der Waals surface area contributed by atoms with Gasteiger partial charge in [0.25, 0.3) is 0 Å². The Morgan fingerprint density at radius 1 is 1.16 bits per heavy atom. The van der Waals surface area contributed by atoms with Crippen LogP contribution in [0.25, 0.3) is 0 Å². The Kier molecular flexibility index (Phi) is 6.61. The van der Waals surface area contributed by atoms with Crippen molar-refractivity contribution in [2.24, 2.45) is 11.8 Å². The second-order valence-corrected chi connectivity index (χ2v) is 7.65. The van der Waals surface area contributed by atoms with Crippen LogP contribution in [0.1, 0.15) is 31.4 Å². The normalized spacial score (nSPS) is 27.4. The third-order valence-electron chi connectivity index (χ3n) is 5.84. The molecule has 31 heavy (non-hydrogen) atoms. The number of carboxylic acids is 2. The van der Waals surface area contributed by atoms with E-state index in [4.69, 9.17) is 9.47 Å². The number of carbonyl (C=O) groups excluding carboxylic acids is 2. The first-order valence-electron chi connectivity index (χ1n) is 10.1. The first-order valence-corrected chi connectivity index (χ1v) is 10.1. The number of hydrogen-bond acceptors (Lipinski definition) is 7. The van der Waals surface area contributed by atoms with Gasteiger partial charge in [-0.25, -0.2) is 0 Å². The summed E-state index contributed by atoms with van der Waals surface area (Å²) in [6.45, 7) is 2.49. The van der Waals surface area contributed by atoms with Crippen LogP contribution in [-0.4, -0.2) is 71.3 Å². The zero-order valence-electron chi connectivity index (χ0n) is 17.4. The highest BCUT2D eigenvalue weighted by molar-refractivity contribution is 6.10. The Morgan fingerprint density at radius 2 is 1.87 bits per heavy atom. The molecular weight excluding hydrogens is 408 g/mol. The molecule has 3 rings (SSSR count). The van der Waals surface area contributed by atoms with Crippen molar-refractivity contribution in [2.75, 3.05) is 26.9 Å². The fraction of sp³-hybridized carbons (Fsp3) is 0.524. The smallest absolute Gasteiger partial charge is 0.325 e. The fourth-order valence-electron chi connectivity index (χ4n) is 4.55. The number of methoxy groups -OCH3 is 1. The number of benzene rings is 1. The number of carboxylic acid groups (broad SMARTS) is 2. The van der Waals surface area contributed by atoms with Crippen LogP contribution in [0, 0.1) is 11.8 Å². The van der Waals surface area contributed by atoms with Crippen molar-refractivity contribution in [3.05, 3.63) is 29.8 Å². The summed E-state index contributed by atoms with van der Waals surface area (Å²) in [6.07, 6.45) is -0.0813. The highest BCUT2D eigenvalue weighted by Crippen LogP contribution is 2.51. The Labute approximate surface area is 179 Å². The van der Waals surface area contributed by atoms with Crippen molar-refractivity contribution in [3.63, 3.8) is 0 Å². The van der Waals surface area contributed by atoms with Crippen molar-refractivity contribution in [2.45, 2.75) is 31.3 Å². The first-order chi connectivity index (χ1) is 14.8. The number of imide groups is 1. The molecule has 0 saturated carbocycles. The van der Waals surface area contributed by atoms with Gasteiger partial charge in [-0.1, -0.05) is 25.1 Å². The summed E-state index contributed by atoms with van der Waals surface area (Å²) in [4.78, 5) is 51.4. The largest absolute Gasteiger partial charge is 0.496 e. The number of amides is 2. The second-order valence-electron chi connectivity index (χ2n) is 7.65. The minimum atomic E-state index is -2.13. The van der Waals surface area contributed by atoms with Crippen molar-refractivity contribution < 1.29 is 38.9 Å². The highest BCUT2D eigenvalue weighted by Gasteiger charge is 2.69. The summed E-state index contributed by atoms with van der Waals surface area (Å²) in [6, 6.07) is 5.83. The number of rotatable bonds is 10. The van der Waals surface area contributed by atoms with E-state index in [0.717, 1.165) is 11.3 Å². The molecule has 2 saturated heterocycles. The summed E-state index contributed by atoms with van der Waals surface area (Å²) in [5.74, 6) is -6.18. The van der Waals surface area contributed by atoms with Crippen LogP contribution in [0.15, 0.2) is 24.3 Å². The lowest BCUT2D eigenvalue weighted by atomic mass is 9.77. The number of ether oxygens (including phenoxy) is 2. The molecule has 4 atom stereocenters. The van der Waals surface area contributed by atoms with Crippen LogP contribution in [0.3, 0.4) is 0 Å². The molecule has 10 nitrogen and oxygen atoms in total. The van der Waals surface area contributed by atoms with Crippen molar-refractivity contribution in [3.8, 4) is 5.75 Å². The lowest BCUT2D eigenvalue weighted by Crippen LogP contribution is -2.57. The van der Waals surface area contributed by atoms with Crippen LogP contribution in [0.4, 0.5) is 0 Å². The molecule has 2 aliphatic rings. The zero-order chi connectivity index (χ0) is 22.8. The molecule has 168 valence electrons. The molecule has 0 bridgehead atoms. The Hall–Kier alpha value is -2.98. The average Bonchev–Trinajstić information content (AvgIpc) is 3.20. The van der Waals surface area contributed by atoms with Gasteiger partial charge in [0.15, 0.2) is 0 Å². The summed E-state index contributed by atoms with van der Waals surface area (Å²) < 4.78 is 10.7. The number of nitrogens with one attached hydrogen (secondary N) is 1. The molecule has 2 amide bonds. The number of aliphatic carboxylic acids is 2. The molecule has 2 fully saturated rings. The first kappa shape index (κ1) is 22.7. The van der Waals surface area contributed by atoms with Gasteiger partial charge in [-0.2, -0.15) is 0 Å². The maximum atomic E-state index is 13.3. The van der Waals surface area contributed by atoms with Gasteiger partial charge in [-0.3, -0.25) is 29.4 Å². The maximum absolute atomic E-state index is 13.3. The maximum Gasteiger partial charge on any atom is 0.325 e. The summed E-state index contributed by atoms with van der Waals surface area (Å²) in [7, 11) is 1.44. The van der Waals surface area contributed by atoms with Crippen LogP contribution in [0.2, 0.25) is 0 Å².